The number of hydrogen-bond acceptors (Lipinski definition) is 6. The Kier molecular flexibility index (Phi) is 5.87. The molecule has 146 valence electrons. The highest BCUT2D eigenvalue weighted by molar-refractivity contribution is 8.00. The average Bonchev–Trinajstić information content (AvgIpc) is 3.18. The van der Waals surface area contributed by atoms with E-state index in [-0.39, 0.29) is 17.7 Å². The quantitative estimate of drug-likeness (QED) is 0.350. The van der Waals surface area contributed by atoms with Crippen LogP contribution in [0.5, 0.6) is 0 Å². The third-order valence-electron chi connectivity index (χ3n) is 4.55. The molecule has 7 heteroatoms. The van der Waals surface area contributed by atoms with E-state index in [1.807, 2.05) is 25.1 Å². The minimum Gasteiger partial charge on any atom is -0.347 e. The number of rotatable bonds is 6. The summed E-state index contributed by atoms with van der Waals surface area (Å²) >= 11 is 3.03. The zero-order valence-corrected chi connectivity index (χ0v) is 17.8. The van der Waals surface area contributed by atoms with Gasteiger partial charge in [0.1, 0.15) is 16.2 Å². The van der Waals surface area contributed by atoms with Gasteiger partial charge in [0, 0.05) is 17.1 Å². The van der Waals surface area contributed by atoms with Crippen molar-refractivity contribution in [3.8, 4) is 11.1 Å². The average molecular weight is 421 g/mol. The van der Waals surface area contributed by atoms with Gasteiger partial charge in [0.2, 0.25) is 5.91 Å². The maximum atomic E-state index is 12.5. The summed E-state index contributed by atoms with van der Waals surface area (Å²) in [7, 11) is 0. The standard InChI is InChI=1S/C22H20N4OS2/c1-14-6-8-16(9-7-14)17-11-28-21-20(17)22(25-13-24-21)29-12-19(27)26-15(2)18-5-3-4-10-23-18/h3-11,13,15H,12H2,1-2H3,(H,26,27)/t15-/m0/s1. The number of benzene rings is 1. The maximum absolute atomic E-state index is 12.5. The molecule has 0 unspecified atom stereocenters. The summed E-state index contributed by atoms with van der Waals surface area (Å²) in [4.78, 5) is 26.6. The molecule has 0 fully saturated rings. The van der Waals surface area contributed by atoms with Crippen LogP contribution in [0.4, 0.5) is 0 Å². The Balaban J connectivity index is 1.51. The van der Waals surface area contributed by atoms with E-state index in [1.165, 1.54) is 17.3 Å². The van der Waals surface area contributed by atoms with E-state index in [4.69, 9.17) is 0 Å². The zero-order valence-electron chi connectivity index (χ0n) is 16.1. The first-order chi connectivity index (χ1) is 14.1. The van der Waals surface area contributed by atoms with Crippen LogP contribution in [0.15, 0.2) is 65.4 Å². The van der Waals surface area contributed by atoms with Gasteiger partial charge in [-0.15, -0.1) is 11.3 Å². The van der Waals surface area contributed by atoms with E-state index in [0.717, 1.165) is 32.1 Å². The molecule has 0 aliphatic carbocycles. The van der Waals surface area contributed by atoms with Crippen molar-refractivity contribution in [3.05, 3.63) is 71.6 Å². The summed E-state index contributed by atoms with van der Waals surface area (Å²) in [5.74, 6) is 0.235. The fourth-order valence-corrected chi connectivity index (χ4v) is 4.83. The van der Waals surface area contributed by atoms with Gasteiger partial charge in [0.15, 0.2) is 0 Å². The number of nitrogens with zero attached hydrogens (tertiary/aromatic N) is 3. The van der Waals surface area contributed by atoms with Crippen LogP contribution < -0.4 is 5.32 Å². The molecule has 1 N–H and O–H groups in total. The van der Waals surface area contributed by atoms with Gasteiger partial charge in [0.05, 0.1) is 22.9 Å². The largest absolute Gasteiger partial charge is 0.347 e. The van der Waals surface area contributed by atoms with Crippen molar-refractivity contribution in [2.45, 2.75) is 24.9 Å². The maximum Gasteiger partial charge on any atom is 0.230 e. The summed E-state index contributed by atoms with van der Waals surface area (Å²) in [6, 6.07) is 14.0. The number of hydrogen-bond donors (Lipinski definition) is 1. The first-order valence-corrected chi connectivity index (χ1v) is 11.1. The van der Waals surface area contributed by atoms with E-state index < -0.39 is 0 Å². The summed E-state index contributed by atoms with van der Waals surface area (Å²) < 4.78 is 0. The summed E-state index contributed by atoms with van der Waals surface area (Å²) in [5.41, 5.74) is 4.30. The van der Waals surface area contributed by atoms with Gasteiger partial charge in [-0.3, -0.25) is 9.78 Å². The van der Waals surface area contributed by atoms with E-state index in [9.17, 15) is 4.79 Å². The Morgan fingerprint density at radius 3 is 2.72 bits per heavy atom. The van der Waals surface area contributed by atoms with Crippen LogP contribution in [-0.4, -0.2) is 26.6 Å². The summed E-state index contributed by atoms with van der Waals surface area (Å²) in [6.45, 7) is 4.01. The molecule has 0 spiro atoms. The second kappa shape index (κ2) is 8.71. The van der Waals surface area contributed by atoms with Crippen LogP contribution in [-0.2, 0) is 4.79 Å². The minimum atomic E-state index is -0.140. The fourth-order valence-electron chi connectivity index (χ4n) is 3.03. The Hall–Kier alpha value is -2.77. The lowest BCUT2D eigenvalue weighted by Crippen LogP contribution is -2.28. The van der Waals surface area contributed by atoms with Crippen molar-refractivity contribution in [1.82, 2.24) is 20.3 Å². The molecule has 29 heavy (non-hydrogen) atoms. The van der Waals surface area contributed by atoms with E-state index >= 15 is 0 Å². The summed E-state index contributed by atoms with van der Waals surface area (Å²) in [6.07, 6.45) is 3.29. The lowest BCUT2D eigenvalue weighted by molar-refractivity contribution is -0.119. The van der Waals surface area contributed by atoms with Crippen LogP contribution >= 0.6 is 23.1 Å². The molecule has 0 radical (unpaired) electrons. The number of amides is 1. The number of nitrogens with one attached hydrogen (secondary N) is 1. The van der Waals surface area contributed by atoms with Crippen LogP contribution in [0.1, 0.15) is 24.2 Å². The van der Waals surface area contributed by atoms with E-state index in [0.29, 0.717) is 0 Å². The number of thiophene rings is 1. The topological polar surface area (TPSA) is 67.8 Å². The van der Waals surface area contributed by atoms with Gasteiger partial charge in [-0.2, -0.15) is 0 Å². The third-order valence-corrected chi connectivity index (χ3v) is 6.42. The van der Waals surface area contributed by atoms with Gasteiger partial charge in [-0.25, -0.2) is 9.97 Å². The van der Waals surface area contributed by atoms with Crippen molar-refractivity contribution in [2.24, 2.45) is 0 Å². The molecule has 3 aromatic heterocycles. The number of fused-ring (bicyclic) bond motifs is 1. The van der Waals surface area contributed by atoms with Gasteiger partial charge in [-0.05, 0) is 31.5 Å². The zero-order chi connectivity index (χ0) is 20.2. The van der Waals surface area contributed by atoms with Crippen molar-refractivity contribution in [2.75, 3.05) is 5.75 Å². The molecular weight excluding hydrogens is 400 g/mol. The molecule has 0 bridgehead atoms. The Labute approximate surface area is 177 Å². The van der Waals surface area contributed by atoms with Crippen molar-refractivity contribution in [3.63, 3.8) is 0 Å². The Morgan fingerprint density at radius 2 is 1.97 bits per heavy atom. The normalized spacial score (nSPS) is 12.1. The molecule has 1 amide bonds. The molecule has 0 aliphatic heterocycles. The van der Waals surface area contributed by atoms with Crippen LogP contribution in [0.3, 0.4) is 0 Å². The van der Waals surface area contributed by atoms with Gasteiger partial charge in [-0.1, -0.05) is 47.7 Å². The fraction of sp³-hybridized carbons (Fsp3) is 0.182. The van der Waals surface area contributed by atoms with Gasteiger partial charge in [0.25, 0.3) is 0 Å². The molecule has 5 nitrogen and oxygen atoms in total. The lowest BCUT2D eigenvalue weighted by Gasteiger charge is -2.13. The van der Waals surface area contributed by atoms with Gasteiger partial charge < -0.3 is 5.32 Å². The Morgan fingerprint density at radius 1 is 1.14 bits per heavy atom. The number of carbonyl (C=O) groups is 1. The lowest BCUT2D eigenvalue weighted by atomic mass is 10.1. The monoisotopic (exact) mass is 420 g/mol. The van der Waals surface area contributed by atoms with E-state index in [2.05, 4.69) is 56.8 Å². The molecule has 0 saturated heterocycles. The van der Waals surface area contributed by atoms with Crippen LogP contribution in [0, 0.1) is 6.92 Å². The van der Waals surface area contributed by atoms with Crippen LogP contribution in [0.2, 0.25) is 0 Å². The van der Waals surface area contributed by atoms with Crippen molar-refractivity contribution in [1.29, 1.82) is 0 Å². The molecule has 0 saturated carbocycles. The third kappa shape index (κ3) is 4.46. The molecule has 4 aromatic rings. The molecule has 3 heterocycles. The minimum absolute atomic E-state index is 0.0490. The number of thioether (sulfide) groups is 1. The highest BCUT2D eigenvalue weighted by Gasteiger charge is 2.16. The van der Waals surface area contributed by atoms with Crippen molar-refractivity contribution < 1.29 is 4.79 Å². The molecule has 4 rings (SSSR count). The predicted octanol–water partition coefficient (Wildman–Crippen LogP) is 5.03. The van der Waals surface area contributed by atoms with E-state index in [1.54, 1.807) is 23.9 Å². The highest BCUT2D eigenvalue weighted by atomic mass is 32.2. The molecular formula is C22H20N4OS2. The SMILES string of the molecule is Cc1ccc(-c2csc3ncnc(SCC(=O)N[C@@H](C)c4ccccn4)c23)cc1. The molecule has 0 aliphatic rings. The number of pyridine rings is 1. The first-order valence-electron chi connectivity index (χ1n) is 9.24. The predicted molar refractivity (Wildman–Crippen MR) is 119 cm³/mol. The number of aryl methyl sites for hydroxylation is 1. The van der Waals surface area contributed by atoms with Crippen LogP contribution in [0.25, 0.3) is 21.3 Å². The number of carbonyl (C=O) groups excluding carboxylic acids is 1. The smallest absolute Gasteiger partial charge is 0.230 e. The highest BCUT2D eigenvalue weighted by Crippen LogP contribution is 2.37. The second-order valence-corrected chi connectivity index (χ2v) is 8.53. The second-order valence-electron chi connectivity index (χ2n) is 6.71. The Bertz CT molecular complexity index is 1130. The van der Waals surface area contributed by atoms with Crippen molar-refractivity contribution >= 4 is 39.2 Å². The van der Waals surface area contributed by atoms with Gasteiger partial charge >= 0.3 is 0 Å². The summed E-state index contributed by atoms with van der Waals surface area (Å²) in [5, 5.41) is 6.94. The molecule has 1 atom stereocenters. The number of aromatic nitrogens is 3. The first kappa shape index (κ1) is 19.5. The molecule has 1 aromatic carbocycles.